The third kappa shape index (κ3) is 4.72. The molecule has 2 N–H and O–H groups in total. The van der Waals surface area contributed by atoms with E-state index in [0.29, 0.717) is 30.3 Å². The maximum absolute atomic E-state index is 12.7. The lowest BCUT2D eigenvalue weighted by Crippen LogP contribution is -2.39. The van der Waals surface area contributed by atoms with Gasteiger partial charge in [0.25, 0.3) is 11.6 Å². The summed E-state index contributed by atoms with van der Waals surface area (Å²) < 4.78 is 0. The Morgan fingerprint density at radius 3 is 2.54 bits per heavy atom. The number of benzene rings is 1. The zero-order valence-corrected chi connectivity index (χ0v) is 16.2. The van der Waals surface area contributed by atoms with Gasteiger partial charge in [0.15, 0.2) is 0 Å². The van der Waals surface area contributed by atoms with Crippen LogP contribution in [-0.4, -0.2) is 49.0 Å². The summed E-state index contributed by atoms with van der Waals surface area (Å²) in [5, 5.41) is 11.6. The molecule has 144 valence electrons. The lowest BCUT2D eigenvalue weighted by atomic mass is 9.93. The number of anilines is 1. The molecule has 0 radical (unpaired) electrons. The number of nitro groups is 1. The van der Waals surface area contributed by atoms with Gasteiger partial charge >= 0.3 is 0 Å². The van der Waals surface area contributed by atoms with Crippen LogP contribution >= 0.6 is 0 Å². The SMILES string of the molecule is CC1CCN(c2ccc(C(=O)N(C)CC(C)(C)CN)cc2[N+](=O)[O-])CC1. The van der Waals surface area contributed by atoms with Crippen LogP contribution in [0.4, 0.5) is 11.4 Å². The number of nitro benzene ring substituents is 1. The normalized spacial score (nSPS) is 15.8. The van der Waals surface area contributed by atoms with Crippen LogP contribution in [0.2, 0.25) is 0 Å². The second-order valence-electron chi connectivity index (χ2n) is 8.16. The number of carbonyl (C=O) groups excluding carboxylic acids is 1. The Kier molecular flexibility index (Phi) is 6.23. The molecule has 0 spiro atoms. The first-order valence-electron chi connectivity index (χ1n) is 9.13. The molecule has 1 aromatic carbocycles. The van der Waals surface area contributed by atoms with Gasteiger partial charge in [-0.3, -0.25) is 14.9 Å². The smallest absolute Gasteiger partial charge is 0.293 e. The standard InChI is InChI=1S/C19H30N4O3/c1-14-7-9-22(10-8-14)16-6-5-15(11-17(16)23(25)26)18(24)21(4)13-19(2,3)12-20/h5-6,11,14H,7-10,12-13,20H2,1-4H3. The number of hydrogen-bond acceptors (Lipinski definition) is 5. The summed E-state index contributed by atoms with van der Waals surface area (Å²) in [6, 6.07) is 4.81. The highest BCUT2D eigenvalue weighted by molar-refractivity contribution is 5.95. The van der Waals surface area contributed by atoms with E-state index in [4.69, 9.17) is 5.73 Å². The van der Waals surface area contributed by atoms with Gasteiger partial charge < -0.3 is 15.5 Å². The minimum absolute atomic E-state index is 0.00288. The van der Waals surface area contributed by atoms with Crippen LogP contribution in [0.5, 0.6) is 0 Å². The van der Waals surface area contributed by atoms with Crippen molar-refractivity contribution < 1.29 is 9.72 Å². The minimum atomic E-state index is -0.395. The lowest BCUT2D eigenvalue weighted by Gasteiger charge is -2.32. The number of nitrogens with zero attached hydrogens (tertiary/aromatic N) is 3. The molecule has 0 unspecified atom stereocenters. The average Bonchev–Trinajstić information content (AvgIpc) is 2.61. The predicted molar refractivity (Wildman–Crippen MR) is 104 cm³/mol. The Balaban J connectivity index is 2.24. The first-order chi connectivity index (χ1) is 12.1. The molecule has 7 heteroatoms. The zero-order chi connectivity index (χ0) is 19.5. The van der Waals surface area contributed by atoms with Crippen LogP contribution in [0.15, 0.2) is 18.2 Å². The van der Waals surface area contributed by atoms with Crippen LogP contribution in [0.25, 0.3) is 0 Å². The van der Waals surface area contributed by atoms with E-state index in [0.717, 1.165) is 25.9 Å². The van der Waals surface area contributed by atoms with Gasteiger partial charge in [0.05, 0.1) is 4.92 Å². The van der Waals surface area contributed by atoms with Crippen molar-refractivity contribution >= 4 is 17.3 Å². The van der Waals surface area contributed by atoms with Crippen molar-refractivity contribution in [3.05, 3.63) is 33.9 Å². The molecule has 2 rings (SSSR count). The van der Waals surface area contributed by atoms with Gasteiger partial charge in [-0.25, -0.2) is 0 Å². The van der Waals surface area contributed by atoms with Gasteiger partial charge in [-0.1, -0.05) is 20.8 Å². The Morgan fingerprint density at radius 2 is 2.00 bits per heavy atom. The largest absolute Gasteiger partial charge is 0.366 e. The first-order valence-corrected chi connectivity index (χ1v) is 9.13. The monoisotopic (exact) mass is 362 g/mol. The summed E-state index contributed by atoms with van der Waals surface area (Å²) in [5.41, 5.74) is 6.46. The van der Waals surface area contributed by atoms with Gasteiger partial charge in [-0.2, -0.15) is 0 Å². The highest BCUT2D eigenvalue weighted by Crippen LogP contribution is 2.32. The second kappa shape index (κ2) is 8.03. The molecule has 26 heavy (non-hydrogen) atoms. The maximum atomic E-state index is 12.7. The summed E-state index contributed by atoms with van der Waals surface area (Å²) in [4.78, 5) is 27.5. The van der Waals surface area contributed by atoms with E-state index in [1.807, 2.05) is 18.7 Å². The molecule has 1 amide bonds. The molecule has 0 bridgehead atoms. The Morgan fingerprint density at radius 1 is 1.38 bits per heavy atom. The number of hydrogen-bond donors (Lipinski definition) is 1. The summed E-state index contributed by atoms with van der Waals surface area (Å²) >= 11 is 0. The molecule has 7 nitrogen and oxygen atoms in total. The Labute approximate surface area is 155 Å². The zero-order valence-electron chi connectivity index (χ0n) is 16.2. The quantitative estimate of drug-likeness (QED) is 0.620. The van der Waals surface area contributed by atoms with Crippen LogP contribution in [0, 0.1) is 21.4 Å². The fraction of sp³-hybridized carbons (Fsp3) is 0.632. The van der Waals surface area contributed by atoms with Gasteiger partial charge in [0.2, 0.25) is 0 Å². The molecule has 0 aromatic heterocycles. The summed E-state index contributed by atoms with van der Waals surface area (Å²) in [6.45, 7) is 8.73. The van der Waals surface area contributed by atoms with Crippen molar-refractivity contribution in [1.82, 2.24) is 4.90 Å². The fourth-order valence-corrected chi connectivity index (χ4v) is 3.32. The van der Waals surface area contributed by atoms with E-state index >= 15 is 0 Å². The minimum Gasteiger partial charge on any atom is -0.366 e. The Bertz CT molecular complexity index is 667. The molecule has 1 heterocycles. The van der Waals surface area contributed by atoms with Crippen LogP contribution in [0.1, 0.15) is 44.0 Å². The lowest BCUT2D eigenvalue weighted by molar-refractivity contribution is -0.384. The third-order valence-corrected chi connectivity index (χ3v) is 5.11. The van der Waals surface area contributed by atoms with Gasteiger partial charge in [-0.05, 0) is 42.9 Å². The molecule has 0 atom stereocenters. The topological polar surface area (TPSA) is 92.7 Å². The number of carbonyl (C=O) groups is 1. The van der Waals surface area contributed by atoms with Crippen LogP contribution in [-0.2, 0) is 0 Å². The Hall–Kier alpha value is -2.15. The molecule has 1 aromatic rings. The molecule has 0 aliphatic carbocycles. The molecular formula is C19H30N4O3. The predicted octanol–water partition coefficient (Wildman–Crippen LogP) is 2.89. The van der Waals surface area contributed by atoms with E-state index in [2.05, 4.69) is 6.92 Å². The van der Waals surface area contributed by atoms with Gasteiger partial charge in [0, 0.05) is 38.3 Å². The fourth-order valence-electron chi connectivity index (χ4n) is 3.32. The van der Waals surface area contributed by atoms with Crippen molar-refractivity contribution in [2.75, 3.05) is 38.1 Å². The number of amides is 1. The second-order valence-corrected chi connectivity index (χ2v) is 8.16. The molecule has 1 aliphatic heterocycles. The van der Waals surface area contributed by atoms with Gasteiger partial charge in [0.1, 0.15) is 5.69 Å². The highest BCUT2D eigenvalue weighted by Gasteiger charge is 2.27. The van der Waals surface area contributed by atoms with Crippen LogP contribution < -0.4 is 10.6 Å². The van der Waals surface area contributed by atoms with Crippen molar-refractivity contribution in [2.24, 2.45) is 17.1 Å². The number of nitrogens with two attached hydrogens (primary N) is 1. The molecule has 0 saturated carbocycles. The van der Waals surface area contributed by atoms with E-state index in [1.165, 1.54) is 6.07 Å². The summed E-state index contributed by atoms with van der Waals surface area (Å²) in [6.07, 6.45) is 2.05. The van der Waals surface area contributed by atoms with Crippen molar-refractivity contribution in [3.63, 3.8) is 0 Å². The number of rotatable bonds is 6. The molecule has 1 aliphatic rings. The van der Waals surface area contributed by atoms with Crippen molar-refractivity contribution in [3.8, 4) is 0 Å². The third-order valence-electron chi connectivity index (χ3n) is 5.11. The molecular weight excluding hydrogens is 332 g/mol. The summed E-state index contributed by atoms with van der Waals surface area (Å²) in [7, 11) is 1.70. The average molecular weight is 362 g/mol. The van der Waals surface area contributed by atoms with E-state index in [-0.39, 0.29) is 17.0 Å². The molecule has 1 fully saturated rings. The van der Waals surface area contributed by atoms with Crippen molar-refractivity contribution in [1.29, 1.82) is 0 Å². The van der Waals surface area contributed by atoms with Crippen LogP contribution in [0.3, 0.4) is 0 Å². The maximum Gasteiger partial charge on any atom is 0.293 e. The summed E-state index contributed by atoms with van der Waals surface area (Å²) in [5.74, 6) is 0.416. The number of piperidine rings is 1. The van der Waals surface area contributed by atoms with Gasteiger partial charge in [-0.15, -0.1) is 0 Å². The van der Waals surface area contributed by atoms with Crippen molar-refractivity contribution in [2.45, 2.75) is 33.6 Å². The van der Waals surface area contributed by atoms with E-state index in [1.54, 1.807) is 24.1 Å². The first kappa shape index (κ1) is 20.2. The highest BCUT2D eigenvalue weighted by atomic mass is 16.6. The molecule has 1 saturated heterocycles. The van der Waals surface area contributed by atoms with E-state index < -0.39 is 4.92 Å². The van der Waals surface area contributed by atoms with E-state index in [9.17, 15) is 14.9 Å².